The maximum absolute atomic E-state index is 11.9. The highest BCUT2D eigenvalue weighted by atomic mass is 32.2. The molecule has 0 heterocycles. The molecule has 1 rings (SSSR count). The van der Waals surface area contributed by atoms with Crippen LogP contribution in [0.25, 0.3) is 0 Å². The Labute approximate surface area is 120 Å². The lowest BCUT2D eigenvalue weighted by Crippen LogP contribution is -2.44. The topological polar surface area (TPSA) is 55.1 Å². The largest absolute Gasteiger partial charge is 0.352 e. The number of thioether (sulfide) groups is 1. The van der Waals surface area contributed by atoms with E-state index in [1.165, 1.54) is 5.56 Å². The van der Waals surface area contributed by atoms with Gasteiger partial charge in [-0.2, -0.15) is 11.8 Å². The van der Waals surface area contributed by atoms with E-state index in [2.05, 4.69) is 23.7 Å². The highest BCUT2D eigenvalue weighted by molar-refractivity contribution is 7.98. The van der Waals surface area contributed by atoms with Gasteiger partial charge in [0.2, 0.25) is 5.91 Å². The first-order chi connectivity index (χ1) is 9.13. The summed E-state index contributed by atoms with van der Waals surface area (Å²) in [6, 6.07) is 9.90. The van der Waals surface area contributed by atoms with Gasteiger partial charge in [-0.05, 0) is 43.8 Å². The minimum Gasteiger partial charge on any atom is -0.352 e. The molecule has 0 aromatic heterocycles. The standard InChI is InChI=1S/C15H24N2OS/c1-12(10-11-19-2)17-15(18)14(16)9-8-13-6-4-3-5-7-13/h3-7,12,14H,8-11,16H2,1-2H3,(H,17,18)/t12?,14-/m0/s1. The average Bonchev–Trinajstić information content (AvgIpc) is 2.43. The van der Waals surface area contributed by atoms with Crippen LogP contribution in [-0.4, -0.2) is 30.0 Å². The van der Waals surface area contributed by atoms with Gasteiger partial charge in [0.25, 0.3) is 0 Å². The molecule has 0 aliphatic rings. The molecule has 0 aliphatic carbocycles. The van der Waals surface area contributed by atoms with E-state index < -0.39 is 6.04 Å². The summed E-state index contributed by atoms with van der Waals surface area (Å²) in [4.78, 5) is 11.9. The van der Waals surface area contributed by atoms with Gasteiger partial charge < -0.3 is 11.1 Å². The van der Waals surface area contributed by atoms with E-state index in [0.717, 1.165) is 18.6 Å². The lowest BCUT2D eigenvalue weighted by Gasteiger charge is -2.17. The van der Waals surface area contributed by atoms with Crippen LogP contribution in [-0.2, 0) is 11.2 Å². The summed E-state index contributed by atoms with van der Waals surface area (Å²) < 4.78 is 0. The molecule has 106 valence electrons. The third-order valence-electron chi connectivity index (χ3n) is 3.07. The van der Waals surface area contributed by atoms with Crippen molar-refractivity contribution in [2.75, 3.05) is 12.0 Å². The normalized spacial score (nSPS) is 13.8. The van der Waals surface area contributed by atoms with Gasteiger partial charge >= 0.3 is 0 Å². The van der Waals surface area contributed by atoms with Crippen LogP contribution in [0.4, 0.5) is 0 Å². The van der Waals surface area contributed by atoms with E-state index in [0.29, 0.717) is 6.42 Å². The van der Waals surface area contributed by atoms with Crippen molar-refractivity contribution in [2.24, 2.45) is 5.73 Å². The summed E-state index contributed by atoms with van der Waals surface area (Å²) in [6.45, 7) is 2.03. The SMILES string of the molecule is CSCCC(C)NC(=O)[C@@H](N)CCc1ccccc1. The molecular weight excluding hydrogens is 256 g/mol. The smallest absolute Gasteiger partial charge is 0.237 e. The van der Waals surface area contributed by atoms with Crippen molar-refractivity contribution in [3.8, 4) is 0 Å². The lowest BCUT2D eigenvalue weighted by atomic mass is 10.1. The van der Waals surface area contributed by atoms with Crippen molar-refractivity contribution in [3.63, 3.8) is 0 Å². The summed E-state index contributed by atoms with van der Waals surface area (Å²) in [5.74, 6) is 1.02. The Kier molecular flexibility index (Phi) is 7.60. The highest BCUT2D eigenvalue weighted by Gasteiger charge is 2.15. The molecule has 0 fully saturated rings. The number of nitrogens with one attached hydrogen (secondary N) is 1. The van der Waals surface area contributed by atoms with Gasteiger partial charge in [-0.3, -0.25) is 4.79 Å². The minimum absolute atomic E-state index is 0.0375. The van der Waals surface area contributed by atoms with E-state index >= 15 is 0 Å². The number of amides is 1. The lowest BCUT2D eigenvalue weighted by molar-refractivity contribution is -0.123. The van der Waals surface area contributed by atoms with Crippen LogP contribution in [0.15, 0.2) is 30.3 Å². The Morgan fingerprint density at radius 3 is 2.63 bits per heavy atom. The molecule has 0 aliphatic heterocycles. The van der Waals surface area contributed by atoms with Gasteiger partial charge in [-0.25, -0.2) is 0 Å². The Bertz CT molecular complexity index is 370. The van der Waals surface area contributed by atoms with Crippen LogP contribution in [0.1, 0.15) is 25.3 Å². The average molecular weight is 280 g/mol. The second kappa shape index (κ2) is 8.99. The van der Waals surface area contributed by atoms with Crippen LogP contribution in [0, 0.1) is 0 Å². The fraction of sp³-hybridized carbons (Fsp3) is 0.533. The molecule has 0 saturated heterocycles. The molecule has 1 amide bonds. The maximum atomic E-state index is 11.9. The predicted molar refractivity (Wildman–Crippen MR) is 83.3 cm³/mol. The number of carbonyl (C=O) groups excluding carboxylic acids is 1. The van der Waals surface area contributed by atoms with E-state index in [-0.39, 0.29) is 11.9 Å². The molecule has 1 unspecified atom stereocenters. The quantitative estimate of drug-likeness (QED) is 0.767. The first-order valence-corrected chi connectivity index (χ1v) is 8.11. The molecule has 4 heteroatoms. The number of rotatable bonds is 8. The number of benzene rings is 1. The zero-order chi connectivity index (χ0) is 14.1. The van der Waals surface area contributed by atoms with E-state index in [1.54, 1.807) is 11.8 Å². The number of hydrogen-bond acceptors (Lipinski definition) is 3. The number of aryl methyl sites for hydroxylation is 1. The molecule has 0 saturated carbocycles. The third-order valence-corrected chi connectivity index (χ3v) is 3.71. The van der Waals surface area contributed by atoms with Crippen LogP contribution in [0.3, 0.4) is 0 Å². The number of hydrogen-bond donors (Lipinski definition) is 2. The molecule has 0 bridgehead atoms. The molecule has 2 atom stereocenters. The van der Waals surface area contributed by atoms with Crippen molar-refractivity contribution in [1.82, 2.24) is 5.32 Å². The van der Waals surface area contributed by atoms with Crippen molar-refractivity contribution in [1.29, 1.82) is 0 Å². The highest BCUT2D eigenvalue weighted by Crippen LogP contribution is 2.05. The van der Waals surface area contributed by atoms with E-state index in [9.17, 15) is 4.79 Å². The van der Waals surface area contributed by atoms with Gasteiger partial charge in [0.05, 0.1) is 6.04 Å². The fourth-order valence-corrected chi connectivity index (χ4v) is 2.40. The zero-order valence-corrected chi connectivity index (χ0v) is 12.6. The minimum atomic E-state index is -0.420. The van der Waals surface area contributed by atoms with Crippen LogP contribution in [0.5, 0.6) is 0 Å². The van der Waals surface area contributed by atoms with Crippen LogP contribution in [0.2, 0.25) is 0 Å². The third kappa shape index (κ3) is 6.64. The van der Waals surface area contributed by atoms with E-state index in [4.69, 9.17) is 5.73 Å². The zero-order valence-electron chi connectivity index (χ0n) is 11.8. The van der Waals surface area contributed by atoms with Gasteiger partial charge in [0, 0.05) is 6.04 Å². The Morgan fingerprint density at radius 1 is 1.32 bits per heavy atom. The summed E-state index contributed by atoms with van der Waals surface area (Å²) in [6.07, 6.45) is 4.58. The number of carbonyl (C=O) groups is 1. The Hall–Kier alpha value is -1.00. The predicted octanol–water partition coefficient (Wildman–Crippen LogP) is 2.20. The maximum Gasteiger partial charge on any atom is 0.237 e. The van der Waals surface area contributed by atoms with Gasteiger partial charge in [0.15, 0.2) is 0 Å². The monoisotopic (exact) mass is 280 g/mol. The summed E-state index contributed by atoms with van der Waals surface area (Å²) in [7, 11) is 0. The van der Waals surface area contributed by atoms with Crippen molar-refractivity contribution in [3.05, 3.63) is 35.9 Å². The fourth-order valence-electron chi connectivity index (χ4n) is 1.81. The summed E-state index contributed by atoms with van der Waals surface area (Å²) in [5.41, 5.74) is 7.15. The first kappa shape index (κ1) is 16.1. The molecule has 0 radical (unpaired) electrons. The molecule has 3 nitrogen and oxygen atoms in total. The second-order valence-electron chi connectivity index (χ2n) is 4.82. The van der Waals surface area contributed by atoms with E-state index in [1.807, 2.05) is 25.1 Å². The summed E-state index contributed by atoms with van der Waals surface area (Å²) in [5, 5.41) is 2.97. The summed E-state index contributed by atoms with van der Waals surface area (Å²) >= 11 is 1.79. The van der Waals surface area contributed by atoms with Crippen LogP contribution < -0.4 is 11.1 Å². The van der Waals surface area contributed by atoms with Crippen molar-refractivity contribution < 1.29 is 4.79 Å². The van der Waals surface area contributed by atoms with Crippen molar-refractivity contribution in [2.45, 2.75) is 38.3 Å². The molecule has 1 aromatic carbocycles. The van der Waals surface area contributed by atoms with Crippen LogP contribution >= 0.6 is 11.8 Å². The molecule has 1 aromatic rings. The Balaban J connectivity index is 2.28. The molecule has 0 spiro atoms. The van der Waals surface area contributed by atoms with Gasteiger partial charge in [-0.15, -0.1) is 0 Å². The number of nitrogens with two attached hydrogens (primary N) is 1. The molecular formula is C15H24N2OS. The molecule has 3 N–H and O–H groups in total. The van der Waals surface area contributed by atoms with Gasteiger partial charge in [-0.1, -0.05) is 30.3 Å². The molecule has 19 heavy (non-hydrogen) atoms. The van der Waals surface area contributed by atoms with Gasteiger partial charge in [0.1, 0.15) is 0 Å². The Morgan fingerprint density at radius 2 is 2.00 bits per heavy atom. The first-order valence-electron chi connectivity index (χ1n) is 6.72. The second-order valence-corrected chi connectivity index (χ2v) is 5.81. The van der Waals surface area contributed by atoms with Crippen molar-refractivity contribution >= 4 is 17.7 Å².